The van der Waals surface area contributed by atoms with Gasteiger partial charge in [-0.05, 0) is 37.6 Å². The summed E-state index contributed by atoms with van der Waals surface area (Å²) in [6, 6.07) is 11.6. The zero-order valence-electron chi connectivity index (χ0n) is 14.3. The van der Waals surface area contributed by atoms with Gasteiger partial charge >= 0.3 is 11.7 Å². The van der Waals surface area contributed by atoms with Gasteiger partial charge in [0.05, 0.1) is 18.5 Å². The summed E-state index contributed by atoms with van der Waals surface area (Å²) in [5, 5.41) is 11.4. The molecular formula is C18H20N2O5. The van der Waals surface area contributed by atoms with E-state index in [1.807, 2.05) is 19.1 Å². The molecule has 7 nitrogen and oxygen atoms in total. The van der Waals surface area contributed by atoms with Gasteiger partial charge in [-0.3, -0.25) is 14.9 Å². The van der Waals surface area contributed by atoms with Crippen LogP contribution >= 0.6 is 0 Å². The van der Waals surface area contributed by atoms with Crippen molar-refractivity contribution in [2.24, 2.45) is 5.73 Å². The Balaban J connectivity index is 2.35. The van der Waals surface area contributed by atoms with Crippen LogP contribution in [0, 0.1) is 17.0 Å². The third-order valence-corrected chi connectivity index (χ3v) is 3.80. The molecule has 0 aliphatic carbocycles. The second kappa shape index (κ2) is 7.31. The van der Waals surface area contributed by atoms with Crippen molar-refractivity contribution in [3.8, 4) is 11.5 Å². The summed E-state index contributed by atoms with van der Waals surface area (Å²) in [4.78, 5) is 22.4. The highest BCUT2D eigenvalue weighted by molar-refractivity contribution is 5.71. The number of methoxy groups -OCH3 is 1. The zero-order valence-corrected chi connectivity index (χ0v) is 14.3. The van der Waals surface area contributed by atoms with Crippen LogP contribution in [-0.2, 0) is 15.1 Å². The summed E-state index contributed by atoms with van der Waals surface area (Å²) in [5.74, 6) is 0.102. The molecule has 0 spiro atoms. The number of hydrogen-bond acceptors (Lipinski definition) is 6. The number of rotatable bonds is 6. The van der Waals surface area contributed by atoms with E-state index in [4.69, 9.17) is 10.5 Å². The van der Waals surface area contributed by atoms with E-state index in [-0.39, 0.29) is 17.9 Å². The van der Waals surface area contributed by atoms with Crippen molar-refractivity contribution in [1.82, 2.24) is 0 Å². The Hall–Kier alpha value is -2.93. The second-order valence-corrected chi connectivity index (χ2v) is 6.03. The first-order valence-corrected chi connectivity index (χ1v) is 7.62. The van der Waals surface area contributed by atoms with Crippen LogP contribution in [-0.4, -0.2) is 18.0 Å². The third-order valence-electron chi connectivity index (χ3n) is 3.80. The van der Waals surface area contributed by atoms with Crippen molar-refractivity contribution in [3.05, 3.63) is 63.7 Å². The van der Waals surface area contributed by atoms with E-state index in [9.17, 15) is 14.9 Å². The number of benzene rings is 2. The zero-order chi connectivity index (χ0) is 18.6. The van der Waals surface area contributed by atoms with Crippen molar-refractivity contribution < 1.29 is 19.2 Å². The van der Waals surface area contributed by atoms with Crippen LogP contribution in [0.3, 0.4) is 0 Å². The van der Waals surface area contributed by atoms with Crippen LogP contribution in [0.2, 0.25) is 0 Å². The molecule has 132 valence electrons. The van der Waals surface area contributed by atoms with Gasteiger partial charge in [0.25, 0.3) is 0 Å². The summed E-state index contributed by atoms with van der Waals surface area (Å²) >= 11 is 0. The molecule has 0 aliphatic heterocycles. The molecule has 0 saturated heterocycles. The first-order chi connectivity index (χ1) is 11.7. The Bertz CT molecular complexity index is 785. The molecule has 2 rings (SSSR count). The molecule has 7 heteroatoms. The Kier molecular flexibility index (Phi) is 5.38. The van der Waals surface area contributed by atoms with Gasteiger partial charge in [-0.15, -0.1) is 0 Å². The van der Waals surface area contributed by atoms with Gasteiger partial charge in [-0.25, -0.2) is 0 Å². The van der Waals surface area contributed by atoms with Crippen LogP contribution in [0.5, 0.6) is 11.5 Å². The molecule has 0 fully saturated rings. The molecule has 0 aliphatic rings. The molecule has 0 aromatic heterocycles. The van der Waals surface area contributed by atoms with Crippen LogP contribution in [0.4, 0.5) is 5.69 Å². The fraction of sp³-hybridized carbons (Fsp3) is 0.278. The van der Waals surface area contributed by atoms with Gasteiger partial charge in [-0.1, -0.05) is 23.8 Å². The summed E-state index contributed by atoms with van der Waals surface area (Å²) in [6.07, 6.45) is -0.0984. The summed E-state index contributed by atoms with van der Waals surface area (Å²) < 4.78 is 10.2. The highest BCUT2D eigenvalue weighted by Gasteiger charge is 2.29. The van der Waals surface area contributed by atoms with E-state index in [0.29, 0.717) is 11.3 Å². The summed E-state index contributed by atoms with van der Waals surface area (Å²) in [6.45, 7) is 3.55. The fourth-order valence-corrected chi connectivity index (χ4v) is 2.31. The van der Waals surface area contributed by atoms with Gasteiger partial charge < -0.3 is 15.2 Å². The Morgan fingerprint density at radius 2 is 1.88 bits per heavy atom. The number of nitro benzene ring substituents is 1. The maximum absolute atomic E-state index is 11.5. The lowest BCUT2D eigenvalue weighted by Gasteiger charge is -2.24. The fourth-order valence-electron chi connectivity index (χ4n) is 2.31. The maximum Gasteiger partial charge on any atom is 0.311 e. The predicted octanol–water partition coefficient (Wildman–Crippen LogP) is 3.43. The van der Waals surface area contributed by atoms with Gasteiger partial charge in [0.1, 0.15) is 5.75 Å². The summed E-state index contributed by atoms with van der Waals surface area (Å²) in [7, 11) is 1.26. The average Bonchev–Trinajstić information content (AvgIpc) is 2.56. The number of nitrogens with two attached hydrogens (primary N) is 1. The van der Waals surface area contributed by atoms with Crippen molar-refractivity contribution >= 4 is 11.7 Å². The second-order valence-electron chi connectivity index (χ2n) is 6.03. The number of hydrogen-bond donors (Lipinski definition) is 1. The first-order valence-electron chi connectivity index (χ1n) is 7.62. The molecule has 2 N–H and O–H groups in total. The van der Waals surface area contributed by atoms with E-state index in [0.717, 1.165) is 5.56 Å². The first kappa shape index (κ1) is 18.4. The molecular weight excluding hydrogens is 324 g/mol. The lowest BCUT2D eigenvalue weighted by molar-refractivity contribution is -0.385. The summed E-state index contributed by atoms with van der Waals surface area (Å²) in [5.41, 5.74) is 6.32. The van der Waals surface area contributed by atoms with Crippen LogP contribution < -0.4 is 10.5 Å². The Morgan fingerprint density at radius 1 is 1.24 bits per heavy atom. The van der Waals surface area contributed by atoms with Gasteiger partial charge in [0, 0.05) is 11.6 Å². The smallest absolute Gasteiger partial charge is 0.311 e. The average molecular weight is 344 g/mol. The number of esters is 1. The molecule has 0 unspecified atom stereocenters. The Morgan fingerprint density at radius 3 is 2.44 bits per heavy atom. The quantitative estimate of drug-likeness (QED) is 0.489. The van der Waals surface area contributed by atoms with Crippen LogP contribution in [0.1, 0.15) is 24.5 Å². The lowest BCUT2D eigenvalue weighted by atomic mass is 9.89. The normalized spacial score (nSPS) is 13.0. The topological polar surface area (TPSA) is 105 Å². The molecule has 2 aromatic rings. The standard InChI is InChI=1S/C18H20N2O5/c1-12-4-7-14(8-5-12)25-16-9-6-13(10-15(16)20(22)23)18(2,19)11-17(21)24-3/h4-10H,11,19H2,1-3H3/t18-/m1/s1. The monoisotopic (exact) mass is 344 g/mol. The van der Waals surface area contributed by atoms with Crippen molar-refractivity contribution in [3.63, 3.8) is 0 Å². The third kappa shape index (κ3) is 4.54. The molecule has 0 saturated carbocycles. The largest absolute Gasteiger partial charge is 0.469 e. The van der Waals surface area contributed by atoms with E-state index >= 15 is 0 Å². The number of aryl methyl sites for hydroxylation is 1. The molecule has 0 heterocycles. The maximum atomic E-state index is 11.5. The number of nitrogens with zero attached hydrogens (tertiary/aromatic N) is 1. The molecule has 0 bridgehead atoms. The Labute approximate surface area is 145 Å². The number of nitro groups is 1. The van der Waals surface area contributed by atoms with Crippen molar-refractivity contribution in [1.29, 1.82) is 0 Å². The van der Waals surface area contributed by atoms with Crippen molar-refractivity contribution in [2.45, 2.75) is 25.8 Å². The van der Waals surface area contributed by atoms with E-state index in [2.05, 4.69) is 4.74 Å². The number of carbonyl (C=O) groups is 1. The van der Waals surface area contributed by atoms with Gasteiger partial charge in [0.15, 0.2) is 0 Å². The minimum atomic E-state index is -1.10. The van der Waals surface area contributed by atoms with E-state index in [1.165, 1.54) is 19.2 Å². The van der Waals surface area contributed by atoms with Crippen molar-refractivity contribution in [2.75, 3.05) is 7.11 Å². The molecule has 0 radical (unpaired) electrons. The SMILES string of the molecule is COC(=O)C[C@@](C)(N)c1ccc(Oc2ccc(C)cc2)c([N+](=O)[O-])c1. The molecule has 1 atom stereocenters. The predicted molar refractivity (Wildman–Crippen MR) is 92.5 cm³/mol. The lowest BCUT2D eigenvalue weighted by Crippen LogP contribution is -2.36. The van der Waals surface area contributed by atoms with Crippen LogP contribution in [0.25, 0.3) is 0 Å². The van der Waals surface area contributed by atoms with E-state index < -0.39 is 16.4 Å². The van der Waals surface area contributed by atoms with Gasteiger partial charge in [-0.2, -0.15) is 0 Å². The van der Waals surface area contributed by atoms with Gasteiger partial charge in [0.2, 0.25) is 5.75 Å². The minimum Gasteiger partial charge on any atom is -0.469 e. The number of carbonyl (C=O) groups excluding carboxylic acids is 1. The van der Waals surface area contributed by atoms with E-state index in [1.54, 1.807) is 25.1 Å². The minimum absolute atomic E-state index is 0.0984. The highest BCUT2D eigenvalue weighted by atomic mass is 16.6. The molecule has 25 heavy (non-hydrogen) atoms. The molecule has 0 amide bonds. The number of ether oxygens (including phenoxy) is 2. The molecule has 2 aromatic carbocycles. The highest BCUT2D eigenvalue weighted by Crippen LogP contribution is 2.35. The van der Waals surface area contributed by atoms with Crippen LogP contribution in [0.15, 0.2) is 42.5 Å².